The first-order chi connectivity index (χ1) is 49.0. The van der Waals surface area contributed by atoms with Crippen LogP contribution in [0.4, 0.5) is 0 Å². The van der Waals surface area contributed by atoms with Gasteiger partial charge < -0.3 is 24.8 Å². The maximum atomic E-state index is 2.42. The summed E-state index contributed by atoms with van der Waals surface area (Å²) in [4.78, 5) is 0. The zero-order valence-electron chi connectivity index (χ0n) is 76.2. The van der Waals surface area contributed by atoms with Gasteiger partial charge >= 0.3 is 52.4 Å². The van der Waals surface area contributed by atoms with Gasteiger partial charge in [0.05, 0.1) is 32.3 Å². The Morgan fingerprint density at radius 1 is 0.188 bits per heavy atom. The fraction of sp³-hybridized carbons (Fsp3) is 0.423. The van der Waals surface area contributed by atoms with Gasteiger partial charge in [0.15, 0.2) is 0 Å². The predicted molar refractivity (Wildman–Crippen MR) is 501 cm³/mol. The second-order valence-electron chi connectivity index (χ2n) is 44.5. The van der Waals surface area contributed by atoms with E-state index >= 15 is 0 Å². The third-order valence-electron chi connectivity index (χ3n) is 22.3. The van der Waals surface area contributed by atoms with E-state index in [0.717, 1.165) is 0 Å². The molecule has 0 atom stereocenters. The molecule has 112 heavy (non-hydrogen) atoms. The van der Waals surface area contributed by atoms with Crippen molar-refractivity contribution >= 4 is 96.1 Å². The van der Waals surface area contributed by atoms with Gasteiger partial charge in [-0.25, -0.2) is 0 Å². The SMILES string of the molecule is CC(C)(C)c1cc(-c2cc3cc([Si](C)(C)C)ccc3[cH-]2)cc(C(C)(C)C)c1.CC(C)(C)c1cc(-c2cc3cc([Si](C)(C)C)ccc3[cH-]2)cc(C(C)(C)C)c1.CC(C)(C)c1cc(-c2cc3cc([Si](C)(C)C)ccc3[cH-]2)cc(C(C)(C)C)c1.CC(C)(C)c1cc(-c2cc3cc([Si](C)(C)C)ccc3[cH-]2)cc(C(C)(C)C)c1.[Cl-].[Cl-].[Zr+2].[Zr+2]. The monoisotopic (exact) mass is 1750 g/mol. The van der Waals surface area contributed by atoms with Gasteiger partial charge in [-0.2, -0.15) is 0 Å². The molecular weight excluding hydrogens is 1610 g/mol. The molecule has 12 aromatic rings. The Bertz CT molecular complexity index is 4420. The third-order valence-corrected chi connectivity index (χ3v) is 30.5. The summed E-state index contributed by atoms with van der Waals surface area (Å²) in [5.41, 5.74) is 23.2. The molecule has 12 rings (SSSR count). The van der Waals surface area contributed by atoms with Gasteiger partial charge in [-0.3, -0.25) is 0 Å². The first-order valence-electron chi connectivity index (χ1n) is 40.5. The van der Waals surface area contributed by atoms with Crippen LogP contribution in [0.1, 0.15) is 211 Å². The van der Waals surface area contributed by atoms with Crippen LogP contribution in [0.25, 0.3) is 87.6 Å². The maximum absolute atomic E-state index is 2.42. The minimum absolute atomic E-state index is 0. The van der Waals surface area contributed by atoms with Gasteiger partial charge in [0.25, 0.3) is 0 Å². The van der Waals surface area contributed by atoms with Crippen molar-refractivity contribution in [1.82, 2.24) is 0 Å². The molecule has 0 unspecified atom stereocenters. The number of benzene rings is 8. The van der Waals surface area contributed by atoms with E-state index in [2.05, 4.69) is 439 Å². The Labute approximate surface area is 737 Å². The van der Waals surface area contributed by atoms with Crippen molar-refractivity contribution in [2.45, 2.75) is 288 Å². The minimum Gasteiger partial charge on any atom is -1.00 e. The molecule has 0 aliphatic carbocycles. The van der Waals surface area contributed by atoms with Crippen LogP contribution in [0.3, 0.4) is 0 Å². The molecule has 0 saturated heterocycles. The number of hydrogen-bond donors (Lipinski definition) is 0. The van der Waals surface area contributed by atoms with Gasteiger partial charge in [0.2, 0.25) is 0 Å². The normalized spacial score (nSPS) is 12.9. The third kappa shape index (κ3) is 24.8. The number of rotatable bonds is 8. The van der Waals surface area contributed by atoms with Crippen molar-refractivity contribution in [2.24, 2.45) is 0 Å². The molecule has 0 heterocycles. The molecule has 0 radical (unpaired) electrons. The van der Waals surface area contributed by atoms with Crippen LogP contribution >= 0.6 is 0 Å². The smallest absolute Gasteiger partial charge is 1.00 e. The number of hydrogen-bond acceptors (Lipinski definition) is 0. The fourth-order valence-electron chi connectivity index (χ4n) is 14.0. The molecule has 0 bridgehead atoms. The van der Waals surface area contributed by atoms with Crippen LogP contribution in [0.5, 0.6) is 0 Å². The van der Waals surface area contributed by atoms with Gasteiger partial charge in [-0.1, -0.05) is 409 Å². The standard InChI is InChI=1S/4C26H35Si.2ClH.2Zr/c4*1-25(2,3)22-14-21(15-23(17-22)26(4,5)6)19-12-18-10-11-24(27(7,8)9)16-20(18)13-19;;;;/h4*10-17H,1-9H3;2*1H;;/q4*-1;;;2*+2/p-2. The summed E-state index contributed by atoms with van der Waals surface area (Å²) in [5, 5.41) is 17.1. The Hall–Kier alpha value is -4.59. The minimum atomic E-state index is -1.29. The van der Waals surface area contributed by atoms with E-state index in [1.54, 1.807) is 0 Å². The van der Waals surface area contributed by atoms with Crippen LogP contribution in [-0.4, -0.2) is 32.3 Å². The van der Waals surface area contributed by atoms with Crippen molar-refractivity contribution in [2.75, 3.05) is 0 Å². The second kappa shape index (κ2) is 35.2. The molecule has 596 valence electrons. The Balaban J connectivity index is 0.000000264. The zero-order valence-corrected chi connectivity index (χ0v) is 86.7. The molecular formula is C104H140Cl2Si4Zr2-2. The van der Waals surface area contributed by atoms with Crippen molar-refractivity contribution in [3.05, 3.63) is 239 Å². The van der Waals surface area contributed by atoms with Crippen molar-refractivity contribution in [3.8, 4) is 44.5 Å². The van der Waals surface area contributed by atoms with E-state index in [1.807, 2.05) is 0 Å². The first-order valence-corrected chi connectivity index (χ1v) is 54.5. The van der Waals surface area contributed by atoms with E-state index < -0.39 is 32.3 Å². The van der Waals surface area contributed by atoms with Gasteiger partial charge in [-0.15, -0.1) is 138 Å². The van der Waals surface area contributed by atoms with Crippen LogP contribution < -0.4 is 45.6 Å². The van der Waals surface area contributed by atoms with Gasteiger partial charge in [-0.05, 0) is 87.8 Å². The van der Waals surface area contributed by atoms with Crippen LogP contribution in [0.2, 0.25) is 78.6 Å². The molecule has 0 fully saturated rings. The Kier molecular flexibility index (Phi) is 30.8. The van der Waals surface area contributed by atoms with E-state index in [-0.39, 0.29) is 121 Å². The molecule has 0 amide bonds. The van der Waals surface area contributed by atoms with Gasteiger partial charge in [0.1, 0.15) is 0 Å². The first kappa shape index (κ1) is 98.0. The summed E-state index contributed by atoms with van der Waals surface area (Å²) in [6.07, 6.45) is 0. The van der Waals surface area contributed by atoms with Crippen LogP contribution in [0, 0.1) is 0 Å². The summed E-state index contributed by atoms with van der Waals surface area (Å²) >= 11 is 0. The average Bonchev–Trinajstić information content (AvgIpc) is 1.56. The molecule has 0 saturated carbocycles. The van der Waals surface area contributed by atoms with E-state index in [4.69, 9.17) is 0 Å². The number of fused-ring (bicyclic) bond motifs is 4. The molecule has 0 nitrogen and oxygen atoms in total. The molecule has 0 aliphatic rings. The topological polar surface area (TPSA) is 0 Å². The largest absolute Gasteiger partial charge is 2.00 e. The van der Waals surface area contributed by atoms with Crippen LogP contribution in [0.15, 0.2) is 194 Å². The van der Waals surface area contributed by atoms with E-state index in [1.165, 1.54) is 153 Å². The van der Waals surface area contributed by atoms with Gasteiger partial charge in [0, 0.05) is 0 Å². The second-order valence-corrected chi connectivity index (χ2v) is 64.9. The van der Waals surface area contributed by atoms with Crippen molar-refractivity contribution in [3.63, 3.8) is 0 Å². The summed E-state index contributed by atoms with van der Waals surface area (Å²) < 4.78 is 0. The average molecular weight is 1760 g/mol. The maximum Gasteiger partial charge on any atom is 2.00 e. The van der Waals surface area contributed by atoms with E-state index in [0.29, 0.717) is 0 Å². The Morgan fingerprint density at radius 3 is 0.438 bits per heavy atom. The summed E-state index contributed by atoms with van der Waals surface area (Å²) in [6.45, 7) is 84.3. The molecule has 8 heteroatoms. The van der Waals surface area contributed by atoms with Crippen molar-refractivity contribution < 1.29 is 77.2 Å². The van der Waals surface area contributed by atoms with Crippen LogP contribution in [-0.2, 0) is 95.7 Å². The summed E-state index contributed by atoms with van der Waals surface area (Å²) in [6, 6.07) is 76.0. The quantitative estimate of drug-likeness (QED) is 0.105. The molecule has 0 N–H and O–H groups in total. The molecule has 0 aromatic heterocycles. The van der Waals surface area contributed by atoms with Crippen molar-refractivity contribution in [1.29, 1.82) is 0 Å². The predicted octanol–water partition coefficient (Wildman–Crippen LogP) is 23.5. The number of halogens is 2. The molecule has 0 spiro atoms. The zero-order chi connectivity index (χ0) is 80.8. The molecule has 12 aromatic carbocycles. The molecule has 0 aliphatic heterocycles. The Morgan fingerprint density at radius 2 is 0.321 bits per heavy atom. The summed E-state index contributed by atoms with van der Waals surface area (Å²) in [7, 11) is -5.15. The fourth-order valence-corrected chi connectivity index (χ4v) is 18.7. The van der Waals surface area contributed by atoms with E-state index in [9.17, 15) is 0 Å². The summed E-state index contributed by atoms with van der Waals surface area (Å²) in [5.74, 6) is 0.